The predicted molar refractivity (Wildman–Crippen MR) is 66.5 cm³/mol. The summed E-state index contributed by atoms with van der Waals surface area (Å²) in [5.41, 5.74) is 7.61. The number of nitrogen functional groups attached to an aromatic ring is 1. The Hall–Kier alpha value is -2.69. The van der Waals surface area contributed by atoms with E-state index in [-0.39, 0.29) is 5.69 Å². The lowest BCUT2D eigenvalue weighted by Crippen LogP contribution is -2.03. The van der Waals surface area contributed by atoms with E-state index >= 15 is 0 Å². The van der Waals surface area contributed by atoms with Crippen molar-refractivity contribution in [2.45, 2.75) is 0 Å². The average molecular weight is 242 g/mol. The molecule has 0 radical (unpaired) electrons. The van der Waals surface area contributed by atoms with Crippen molar-refractivity contribution in [3.63, 3.8) is 0 Å². The lowest BCUT2D eigenvalue weighted by molar-refractivity contribution is 0.0690. The molecular formula is C13H10N2O3. The van der Waals surface area contributed by atoms with E-state index in [0.717, 1.165) is 0 Å². The largest absolute Gasteiger partial charge is 0.477 e. The van der Waals surface area contributed by atoms with E-state index in [1.165, 1.54) is 6.26 Å². The van der Waals surface area contributed by atoms with Gasteiger partial charge in [-0.1, -0.05) is 6.07 Å². The Morgan fingerprint density at radius 3 is 2.78 bits per heavy atom. The second-order valence-corrected chi connectivity index (χ2v) is 3.88. The van der Waals surface area contributed by atoms with Gasteiger partial charge in [-0.25, -0.2) is 4.79 Å². The molecule has 0 spiro atoms. The molecule has 3 aromatic heterocycles. The number of anilines is 1. The third-order valence-electron chi connectivity index (χ3n) is 2.85. The Morgan fingerprint density at radius 2 is 2.11 bits per heavy atom. The zero-order valence-electron chi connectivity index (χ0n) is 9.33. The van der Waals surface area contributed by atoms with Crippen LogP contribution >= 0.6 is 0 Å². The molecule has 0 atom stereocenters. The van der Waals surface area contributed by atoms with Gasteiger partial charge < -0.3 is 19.7 Å². The molecule has 0 amide bonds. The van der Waals surface area contributed by atoms with Gasteiger partial charge in [0, 0.05) is 6.20 Å². The van der Waals surface area contributed by atoms with Crippen molar-refractivity contribution in [1.82, 2.24) is 4.40 Å². The monoisotopic (exact) mass is 242 g/mol. The minimum atomic E-state index is -1.04. The Labute approximate surface area is 102 Å². The number of carbonyl (C=O) groups is 1. The summed E-state index contributed by atoms with van der Waals surface area (Å²) in [6.45, 7) is 0. The lowest BCUT2D eigenvalue weighted by atomic mass is 10.1. The number of carboxylic acids is 1. The number of pyridine rings is 1. The summed E-state index contributed by atoms with van der Waals surface area (Å²) in [5.74, 6) is -0.590. The van der Waals surface area contributed by atoms with Crippen LogP contribution in [-0.2, 0) is 0 Å². The molecule has 0 unspecified atom stereocenters. The van der Waals surface area contributed by atoms with Gasteiger partial charge in [0.2, 0.25) is 0 Å². The van der Waals surface area contributed by atoms with Gasteiger partial charge in [0.15, 0.2) is 0 Å². The first-order valence-corrected chi connectivity index (χ1v) is 5.36. The van der Waals surface area contributed by atoms with E-state index in [2.05, 4.69) is 0 Å². The molecule has 0 aromatic carbocycles. The second kappa shape index (κ2) is 3.66. The zero-order valence-corrected chi connectivity index (χ0v) is 9.33. The maximum absolute atomic E-state index is 11.4. The molecule has 3 heterocycles. The van der Waals surface area contributed by atoms with Gasteiger partial charge in [0.1, 0.15) is 11.5 Å². The normalized spacial score (nSPS) is 10.9. The number of aromatic carboxylic acids is 1. The number of furan rings is 1. The van der Waals surface area contributed by atoms with Crippen LogP contribution in [0.4, 0.5) is 5.69 Å². The first-order chi connectivity index (χ1) is 8.70. The van der Waals surface area contributed by atoms with Crippen LogP contribution in [0.1, 0.15) is 10.5 Å². The van der Waals surface area contributed by atoms with Crippen LogP contribution in [0.15, 0.2) is 47.2 Å². The van der Waals surface area contributed by atoms with Crippen molar-refractivity contribution in [1.29, 1.82) is 0 Å². The molecule has 0 aliphatic carbocycles. The van der Waals surface area contributed by atoms with E-state index in [9.17, 15) is 9.90 Å². The molecule has 0 aliphatic heterocycles. The summed E-state index contributed by atoms with van der Waals surface area (Å²) in [6.07, 6.45) is 3.16. The summed E-state index contributed by atoms with van der Waals surface area (Å²) >= 11 is 0. The topological polar surface area (TPSA) is 80.9 Å². The van der Waals surface area contributed by atoms with Crippen molar-refractivity contribution >= 4 is 17.2 Å². The highest BCUT2D eigenvalue weighted by molar-refractivity contribution is 6.03. The van der Waals surface area contributed by atoms with Crippen molar-refractivity contribution < 1.29 is 14.3 Å². The summed E-state index contributed by atoms with van der Waals surface area (Å²) in [7, 11) is 0. The van der Waals surface area contributed by atoms with Gasteiger partial charge in [0.05, 0.1) is 23.0 Å². The molecule has 0 saturated carbocycles. The maximum Gasteiger partial charge on any atom is 0.353 e. The molecule has 90 valence electrons. The van der Waals surface area contributed by atoms with E-state index < -0.39 is 5.97 Å². The Kier molecular flexibility index (Phi) is 2.13. The van der Waals surface area contributed by atoms with Gasteiger partial charge in [0.25, 0.3) is 0 Å². The number of aromatic nitrogens is 1. The minimum absolute atomic E-state index is 0.109. The Bertz CT molecular complexity index is 726. The molecular weight excluding hydrogens is 232 g/mol. The summed E-state index contributed by atoms with van der Waals surface area (Å²) in [6, 6.07) is 8.72. The number of fused-ring (bicyclic) bond motifs is 1. The molecule has 0 saturated heterocycles. The molecule has 3 aromatic rings. The first kappa shape index (κ1) is 10.5. The van der Waals surface area contributed by atoms with E-state index in [0.29, 0.717) is 22.5 Å². The van der Waals surface area contributed by atoms with Crippen LogP contribution in [0, 0.1) is 0 Å². The third kappa shape index (κ3) is 1.31. The number of hydrogen-bond donors (Lipinski definition) is 2. The summed E-state index contributed by atoms with van der Waals surface area (Å²) < 4.78 is 6.82. The fourth-order valence-electron chi connectivity index (χ4n) is 2.11. The number of nitrogens with zero attached hydrogens (tertiary/aromatic N) is 1. The molecule has 3 rings (SSSR count). The highest BCUT2D eigenvalue weighted by atomic mass is 16.4. The standard InChI is InChI=1S/C13H10N2O3/c14-11-8-4-1-2-6-15(8)12(13(16)17)10(11)9-5-3-7-18-9/h1-7H,14H2,(H,16,17). The van der Waals surface area contributed by atoms with Gasteiger partial charge in [-0.05, 0) is 24.3 Å². The first-order valence-electron chi connectivity index (χ1n) is 5.36. The predicted octanol–water partition coefficient (Wildman–Crippen LogP) is 2.48. The van der Waals surface area contributed by atoms with Crippen LogP contribution in [0.3, 0.4) is 0 Å². The maximum atomic E-state index is 11.4. The van der Waals surface area contributed by atoms with Crippen molar-refractivity contribution in [2.24, 2.45) is 0 Å². The minimum Gasteiger partial charge on any atom is -0.477 e. The van der Waals surface area contributed by atoms with Gasteiger partial charge >= 0.3 is 5.97 Å². The smallest absolute Gasteiger partial charge is 0.353 e. The number of carboxylic acid groups (broad SMARTS) is 1. The Morgan fingerprint density at radius 1 is 1.28 bits per heavy atom. The number of hydrogen-bond acceptors (Lipinski definition) is 3. The molecule has 0 fully saturated rings. The van der Waals surface area contributed by atoms with Gasteiger partial charge in [-0.3, -0.25) is 0 Å². The van der Waals surface area contributed by atoms with Crippen LogP contribution in [0.5, 0.6) is 0 Å². The molecule has 5 nitrogen and oxygen atoms in total. The molecule has 18 heavy (non-hydrogen) atoms. The van der Waals surface area contributed by atoms with Gasteiger partial charge in [-0.2, -0.15) is 0 Å². The third-order valence-corrected chi connectivity index (χ3v) is 2.85. The summed E-state index contributed by atoms with van der Waals surface area (Å²) in [5, 5.41) is 9.36. The number of rotatable bonds is 2. The van der Waals surface area contributed by atoms with Crippen LogP contribution in [0.2, 0.25) is 0 Å². The zero-order chi connectivity index (χ0) is 12.7. The highest BCUT2D eigenvalue weighted by Crippen LogP contribution is 2.35. The number of nitrogens with two attached hydrogens (primary N) is 1. The van der Waals surface area contributed by atoms with E-state index in [1.54, 1.807) is 34.9 Å². The van der Waals surface area contributed by atoms with E-state index in [4.69, 9.17) is 10.2 Å². The fraction of sp³-hybridized carbons (Fsp3) is 0. The molecule has 3 N–H and O–H groups in total. The second-order valence-electron chi connectivity index (χ2n) is 3.88. The SMILES string of the molecule is Nc1c(-c2ccco2)c(C(=O)O)n2ccccc12. The van der Waals surface area contributed by atoms with E-state index in [1.807, 2.05) is 6.07 Å². The van der Waals surface area contributed by atoms with Gasteiger partial charge in [-0.15, -0.1) is 0 Å². The average Bonchev–Trinajstić information content (AvgIpc) is 2.96. The van der Waals surface area contributed by atoms with Crippen molar-refractivity contribution in [3.8, 4) is 11.3 Å². The fourth-order valence-corrected chi connectivity index (χ4v) is 2.11. The van der Waals surface area contributed by atoms with Crippen LogP contribution < -0.4 is 5.73 Å². The summed E-state index contributed by atoms with van der Waals surface area (Å²) in [4.78, 5) is 11.4. The highest BCUT2D eigenvalue weighted by Gasteiger charge is 2.23. The molecule has 0 aliphatic rings. The quantitative estimate of drug-likeness (QED) is 0.723. The Balaban J connectivity index is 2.47. The molecule has 5 heteroatoms. The van der Waals surface area contributed by atoms with Crippen molar-refractivity contribution in [2.75, 3.05) is 5.73 Å². The van der Waals surface area contributed by atoms with Crippen LogP contribution in [-0.4, -0.2) is 15.5 Å². The van der Waals surface area contributed by atoms with Crippen molar-refractivity contribution in [3.05, 3.63) is 48.5 Å². The van der Waals surface area contributed by atoms with Crippen LogP contribution in [0.25, 0.3) is 16.8 Å². The lowest BCUT2D eigenvalue weighted by Gasteiger charge is -1.99. The molecule has 0 bridgehead atoms.